The number of hydrogen-bond donors (Lipinski definition) is 1. The lowest BCUT2D eigenvalue weighted by atomic mass is 10.2. The van der Waals surface area contributed by atoms with E-state index >= 15 is 0 Å². The Kier molecular flexibility index (Phi) is 4.77. The first-order valence-corrected chi connectivity index (χ1v) is 8.13. The summed E-state index contributed by atoms with van der Waals surface area (Å²) in [5, 5.41) is 9.93. The Morgan fingerprint density at radius 3 is 2.79 bits per heavy atom. The normalized spacial score (nSPS) is 17.5. The van der Waals surface area contributed by atoms with E-state index in [2.05, 4.69) is 4.98 Å². The highest BCUT2D eigenvalue weighted by molar-refractivity contribution is 7.16. The molecule has 0 bridgehead atoms. The third-order valence-corrected chi connectivity index (χ3v) is 4.76. The van der Waals surface area contributed by atoms with Crippen molar-refractivity contribution in [3.8, 4) is 16.3 Å². The molecule has 2 aromatic rings. The van der Waals surface area contributed by atoms with E-state index in [1.807, 2.05) is 24.3 Å². The average molecular weight is 348 g/mol. The van der Waals surface area contributed by atoms with Gasteiger partial charge in [0.1, 0.15) is 15.6 Å². The second-order valence-electron chi connectivity index (χ2n) is 5.19. The molecule has 1 aromatic heterocycles. The molecule has 0 saturated carbocycles. The number of carbonyl (C=O) groups excluding carboxylic acids is 1. The predicted octanol–water partition coefficient (Wildman–Crippen LogP) is 1.74. The molecule has 8 heteroatoms. The smallest absolute Gasteiger partial charge is 0.328 e. The zero-order valence-electron chi connectivity index (χ0n) is 13.0. The quantitative estimate of drug-likeness (QED) is 0.905. The first-order chi connectivity index (χ1) is 11.6. The van der Waals surface area contributed by atoms with Gasteiger partial charge >= 0.3 is 5.97 Å². The monoisotopic (exact) mass is 348 g/mol. The Morgan fingerprint density at radius 2 is 2.12 bits per heavy atom. The summed E-state index contributed by atoms with van der Waals surface area (Å²) in [6.45, 7) is 0.594. The molecule has 1 N–H and O–H groups in total. The fourth-order valence-electron chi connectivity index (χ4n) is 2.43. The molecule has 1 fully saturated rings. The van der Waals surface area contributed by atoms with Crippen LogP contribution in [-0.4, -0.2) is 59.8 Å². The molecule has 1 amide bonds. The zero-order chi connectivity index (χ0) is 17.1. The molecule has 0 unspecified atom stereocenters. The van der Waals surface area contributed by atoms with Crippen molar-refractivity contribution in [2.24, 2.45) is 0 Å². The van der Waals surface area contributed by atoms with Crippen molar-refractivity contribution in [1.82, 2.24) is 9.88 Å². The van der Waals surface area contributed by atoms with Crippen molar-refractivity contribution < 1.29 is 24.2 Å². The molecule has 1 aliphatic rings. The number of aliphatic carboxylic acids is 1. The Bertz CT molecular complexity index is 743. The Labute approximate surface area is 142 Å². The summed E-state index contributed by atoms with van der Waals surface area (Å²) in [4.78, 5) is 29.9. The number of nitrogens with zero attached hydrogens (tertiary/aromatic N) is 2. The Morgan fingerprint density at radius 1 is 1.38 bits per heavy atom. The number of carbonyl (C=O) groups is 2. The number of carboxylic acid groups (broad SMARTS) is 1. The van der Waals surface area contributed by atoms with Crippen LogP contribution >= 0.6 is 11.3 Å². The lowest BCUT2D eigenvalue weighted by molar-refractivity contribution is -0.147. The molecule has 0 radical (unpaired) electrons. The van der Waals surface area contributed by atoms with E-state index in [9.17, 15) is 14.7 Å². The predicted molar refractivity (Wildman–Crippen MR) is 87.4 cm³/mol. The number of benzene rings is 1. The van der Waals surface area contributed by atoms with Crippen molar-refractivity contribution in [3.63, 3.8) is 0 Å². The molecule has 24 heavy (non-hydrogen) atoms. The van der Waals surface area contributed by atoms with E-state index in [4.69, 9.17) is 9.47 Å². The summed E-state index contributed by atoms with van der Waals surface area (Å²) in [7, 11) is 1.59. The van der Waals surface area contributed by atoms with Crippen LogP contribution in [0.2, 0.25) is 0 Å². The fourth-order valence-corrected chi connectivity index (χ4v) is 3.31. The van der Waals surface area contributed by atoms with E-state index in [-0.39, 0.29) is 19.1 Å². The third kappa shape index (κ3) is 3.24. The highest BCUT2D eigenvalue weighted by atomic mass is 32.1. The van der Waals surface area contributed by atoms with Gasteiger partial charge in [0.2, 0.25) is 0 Å². The van der Waals surface area contributed by atoms with Crippen LogP contribution in [0.1, 0.15) is 9.67 Å². The van der Waals surface area contributed by atoms with Gasteiger partial charge in [0.25, 0.3) is 5.91 Å². The number of amides is 1. The zero-order valence-corrected chi connectivity index (χ0v) is 13.8. The van der Waals surface area contributed by atoms with Gasteiger partial charge < -0.3 is 19.5 Å². The van der Waals surface area contributed by atoms with Crippen LogP contribution < -0.4 is 4.74 Å². The van der Waals surface area contributed by atoms with Gasteiger partial charge in [-0.15, -0.1) is 11.3 Å². The molecule has 3 rings (SSSR count). The first-order valence-electron chi connectivity index (χ1n) is 7.32. The van der Waals surface area contributed by atoms with Crippen LogP contribution in [0.4, 0.5) is 0 Å². The Hall–Kier alpha value is -2.45. The molecule has 0 aliphatic carbocycles. The number of hydrogen-bond acceptors (Lipinski definition) is 6. The first kappa shape index (κ1) is 16.4. The lowest BCUT2D eigenvalue weighted by Gasteiger charge is -2.32. The molecule has 2 heterocycles. The van der Waals surface area contributed by atoms with Crippen molar-refractivity contribution in [3.05, 3.63) is 35.3 Å². The fraction of sp³-hybridized carbons (Fsp3) is 0.312. The summed E-state index contributed by atoms with van der Waals surface area (Å²) in [6.07, 6.45) is 1.49. The van der Waals surface area contributed by atoms with Gasteiger partial charge in [-0.25, -0.2) is 9.78 Å². The maximum atomic E-state index is 12.6. The molecule has 1 atom stereocenters. The summed E-state index contributed by atoms with van der Waals surface area (Å²) in [5.74, 6) is -0.657. The number of aromatic nitrogens is 1. The lowest BCUT2D eigenvalue weighted by Crippen LogP contribution is -2.52. The van der Waals surface area contributed by atoms with Gasteiger partial charge in [-0.05, 0) is 24.3 Å². The molecular formula is C16H16N2O5S. The molecule has 1 saturated heterocycles. The molecule has 126 valence electrons. The van der Waals surface area contributed by atoms with Crippen molar-refractivity contribution in [2.75, 3.05) is 26.9 Å². The van der Waals surface area contributed by atoms with E-state index < -0.39 is 12.0 Å². The van der Waals surface area contributed by atoms with Crippen molar-refractivity contribution in [1.29, 1.82) is 0 Å². The number of ether oxygens (including phenoxy) is 2. The number of thiazole rings is 1. The van der Waals surface area contributed by atoms with Gasteiger partial charge in [-0.1, -0.05) is 0 Å². The summed E-state index contributed by atoms with van der Waals surface area (Å²) < 4.78 is 10.3. The highest BCUT2D eigenvalue weighted by Crippen LogP contribution is 2.28. The number of methoxy groups -OCH3 is 1. The van der Waals surface area contributed by atoms with E-state index in [1.165, 1.54) is 22.4 Å². The van der Waals surface area contributed by atoms with Crippen LogP contribution in [0.25, 0.3) is 10.6 Å². The van der Waals surface area contributed by atoms with Crippen LogP contribution in [0.3, 0.4) is 0 Å². The van der Waals surface area contributed by atoms with Crippen molar-refractivity contribution >= 4 is 23.2 Å². The minimum Gasteiger partial charge on any atom is -0.497 e. The van der Waals surface area contributed by atoms with Crippen LogP contribution in [0.15, 0.2) is 30.5 Å². The standard InChI is InChI=1S/C16H16N2O5S/c1-22-11-4-2-10(3-5-11)14-17-8-13(24-14)15(19)18-6-7-23-9-12(18)16(20)21/h2-5,8,12H,6-7,9H2,1H3,(H,20,21)/t12-/m0/s1. The molecular weight excluding hydrogens is 332 g/mol. The van der Waals surface area contributed by atoms with Crippen LogP contribution in [0, 0.1) is 0 Å². The highest BCUT2D eigenvalue weighted by Gasteiger charge is 2.34. The van der Waals surface area contributed by atoms with Gasteiger partial charge in [-0.3, -0.25) is 4.79 Å². The molecule has 1 aliphatic heterocycles. The second kappa shape index (κ2) is 6.98. The molecule has 7 nitrogen and oxygen atoms in total. The number of rotatable bonds is 4. The van der Waals surface area contributed by atoms with Gasteiger partial charge in [-0.2, -0.15) is 0 Å². The van der Waals surface area contributed by atoms with Crippen molar-refractivity contribution in [2.45, 2.75) is 6.04 Å². The SMILES string of the molecule is COc1ccc(-c2ncc(C(=O)N3CCOC[C@H]3C(=O)O)s2)cc1. The third-order valence-electron chi connectivity index (χ3n) is 3.73. The minimum absolute atomic E-state index is 0.00517. The summed E-state index contributed by atoms with van der Waals surface area (Å²) >= 11 is 1.24. The van der Waals surface area contributed by atoms with Crippen LogP contribution in [-0.2, 0) is 9.53 Å². The Balaban J connectivity index is 1.81. The molecule has 0 spiro atoms. The number of carboxylic acids is 1. The summed E-state index contributed by atoms with van der Waals surface area (Å²) in [5.41, 5.74) is 0.872. The second-order valence-corrected chi connectivity index (χ2v) is 6.22. The summed E-state index contributed by atoms with van der Waals surface area (Å²) in [6, 6.07) is 6.40. The van der Waals surface area contributed by atoms with Gasteiger partial charge in [0.15, 0.2) is 6.04 Å². The van der Waals surface area contributed by atoms with E-state index in [0.29, 0.717) is 16.5 Å². The topological polar surface area (TPSA) is 89.0 Å². The van der Waals surface area contributed by atoms with E-state index in [0.717, 1.165) is 11.3 Å². The molecule has 1 aromatic carbocycles. The van der Waals surface area contributed by atoms with E-state index in [1.54, 1.807) is 7.11 Å². The largest absolute Gasteiger partial charge is 0.497 e. The van der Waals surface area contributed by atoms with Gasteiger partial charge in [0, 0.05) is 12.1 Å². The maximum absolute atomic E-state index is 12.6. The minimum atomic E-state index is -1.07. The van der Waals surface area contributed by atoms with Gasteiger partial charge in [0.05, 0.1) is 26.5 Å². The van der Waals surface area contributed by atoms with Crippen LogP contribution in [0.5, 0.6) is 5.75 Å². The maximum Gasteiger partial charge on any atom is 0.328 e. The number of morpholine rings is 1. The average Bonchev–Trinajstić information content (AvgIpc) is 3.11.